The molecule has 0 heterocycles. The zero-order valence-electron chi connectivity index (χ0n) is 6.68. The van der Waals surface area contributed by atoms with Gasteiger partial charge in [0.15, 0.2) is 0 Å². The first-order valence-corrected chi connectivity index (χ1v) is 5.44. The summed E-state index contributed by atoms with van der Waals surface area (Å²) in [4.78, 5) is 10.5. The maximum atomic E-state index is 10.5. The Hall–Kier alpha value is 0.563. The van der Waals surface area contributed by atoms with Gasteiger partial charge >= 0.3 is 70.9 Å². The van der Waals surface area contributed by atoms with Gasteiger partial charge in [0.05, 0.1) is 0 Å². The van der Waals surface area contributed by atoms with Crippen LogP contribution in [0, 0.1) is 0 Å². The van der Waals surface area contributed by atoms with Crippen molar-refractivity contribution in [2.75, 3.05) is 7.11 Å². The number of hydrogen-bond donors (Lipinski definition) is 0. The van der Waals surface area contributed by atoms with Crippen LogP contribution in [0.2, 0.25) is 5.02 Å². The summed E-state index contributed by atoms with van der Waals surface area (Å²) in [7, 11) is 1.39. The third kappa shape index (κ3) is 10.6. The predicted octanol–water partition coefficient (Wildman–Crippen LogP) is -1.54. The zero-order valence-corrected chi connectivity index (χ0v) is 11.8. The van der Waals surface area contributed by atoms with Crippen LogP contribution in [0.25, 0.3) is 0 Å². The molecule has 0 N–H and O–H groups in total. The van der Waals surface area contributed by atoms with Gasteiger partial charge in [-0.15, -0.1) is 0 Å². The molecule has 0 aromatic rings. The predicted molar refractivity (Wildman–Crippen MR) is 35.2 cm³/mol. The van der Waals surface area contributed by atoms with E-state index in [0.717, 1.165) is 6.42 Å². The molecule has 4 heteroatoms. The van der Waals surface area contributed by atoms with Gasteiger partial charge in [-0.05, 0) is 0 Å². The molecule has 0 saturated carbocycles. The molecule has 0 unspecified atom stereocenters. The Balaban J connectivity index is 0. The van der Waals surface area contributed by atoms with Crippen LogP contribution in [0.5, 0.6) is 0 Å². The third-order valence-electron chi connectivity index (χ3n) is 1.08. The first kappa shape index (κ1) is 14.1. The van der Waals surface area contributed by atoms with Gasteiger partial charge in [0.25, 0.3) is 0 Å². The Morgan fingerprint density at radius 1 is 1.64 bits per heavy atom. The summed E-state index contributed by atoms with van der Waals surface area (Å²) in [6.45, 7) is 0. The van der Waals surface area contributed by atoms with E-state index in [1.165, 1.54) is 42.9 Å². The zero-order chi connectivity index (χ0) is 7.82. The standard InChI is InChI=1S/C7H11O2.HI.Zn/c1-3-4-5-6-7(8)9-2;;/h5-6H,1,3-4H2,2H3;1H;/q;;+1/p-1. The first-order chi connectivity index (χ1) is 4.81. The largest absolute Gasteiger partial charge is 1.00 e. The first-order valence-electron chi connectivity index (χ1n) is 3.35. The van der Waals surface area contributed by atoms with E-state index < -0.39 is 0 Å². The fourth-order valence-corrected chi connectivity index (χ4v) is 1.12. The maximum Gasteiger partial charge on any atom is -1.00 e. The number of allylic oxidation sites excluding steroid dienone is 1. The van der Waals surface area contributed by atoms with Crippen LogP contribution in [0.4, 0.5) is 0 Å². The third-order valence-corrected chi connectivity index (χ3v) is 2.12. The van der Waals surface area contributed by atoms with E-state index in [9.17, 15) is 4.79 Å². The van der Waals surface area contributed by atoms with E-state index in [1.807, 2.05) is 6.08 Å². The second kappa shape index (κ2) is 10.6. The van der Waals surface area contributed by atoms with Crippen LogP contribution in [0.3, 0.4) is 0 Å². The SMILES string of the molecule is COC(=O)C=CCC[CH2][Zn+].[I-]. The van der Waals surface area contributed by atoms with Gasteiger partial charge in [0, 0.05) is 0 Å². The molecule has 0 rings (SSSR count). The van der Waals surface area contributed by atoms with Crippen molar-refractivity contribution in [2.45, 2.75) is 17.9 Å². The van der Waals surface area contributed by atoms with Gasteiger partial charge in [-0.25, -0.2) is 0 Å². The number of unbranched alkanes of at least 4 members (excludes halogenated alkanes) is 1. The van der Waals surface area contributed by atoms with Crippen LogP contribution in [-0.4, -0.2) is 13.1 Å². The van der Waals surface area contributed by atoms with Crippen molar-refractivity contribution in [3.63, 3.8) is 0 Å². The number of methoxy groups -OCH3 is 1. The van der Waals surface area contributed by atoms with E-state index in [0.29, 0.717) is 0 Å². The Morgan fingerprint density at radius 2 is 2.27 bits per heavy atom. The van der Waals surface area contributed by atoms with E-state index in [4.69, 9.17) is 0 Å². The number of hydrogen-bond acceptors (Lipinski definition) is 2. The van der Waals surface area contributed by atoms with Crippen molar-refractivity contribution in [1.82, 2.24) is 0 Å². The van der Waals surface area contributed by atoms with Crippen molar-refractivity contribution in [1.29, 1.82) is 0 Å². The molecule has 0 radical (unpaired) electrons. The molecule has 0 bridgehead atoms. The van der Waals surface area contributed by atoms with E-state index in [-0.39, 0.29) is 29.9 Å². The number of carbonyl (C=O) groups is 1. The molecule has 0 saturated heterocycles. The number of esters is 1. The molecule has 0 aliphatic carbocycles. The molecule has 2 nitrogen and oxygen atoms in total. The number of ether oxygens (including phenoxy) is 1. The van der Waals surface area contributed by atoms with Gasteiger partial charge in [0.2, 0.25) is 0 Å². The second-order valence-electron chi connectivity index (χ2n) is 1.92. The topological polar surface area (TPSA) is 26.3 Å². The van der Waals surface area contributed by atoms with Crippen LogP contribution in [0.1, 0.15) is 12.8 Å². The average molecular weight is 319 g/mol. The molecule has 11 heavy (non-hydrogen) atoms. The molecule has 0 spiro atoms. The molecule has 0 aliphatic rings. The summed E-state index contributed by atoms with van der Waals surface area (Å²) in [5.41, 5.74) is 0. The van der Waals surface area contributed by atoms with Crippen molar-refractivity contribution in [3.8, 4) is 0 Å². The van der Waals surface area contributed by atoms with Gasteiger partial charge in [-0.2, -0.15) is 0 Å². The van der Waals surface area contributed by atoms with Gasteiger partial charge in [-0.1, -0.05) is 0 Å². The molecule has 0 atom stereocenters. The second-order valence-corrected chi connectivity index (χ2v) is 3.40. The normalized spacial score (nSPS) is 9.36. The number of rotatable bonds is 4. The molecular formula is C7H11IO2Zn. The van der Waals surface area contributed by atoms with Crippen molar-refractivity contribution in [3.05, 3.63) is 12.2 Å². The van der Waals surface area contributed by atoms with Crippen molar-refractivity contribution < 1.29 is 51.8 Å². The molecule has 0 aromatic heterocycles. The van der Waals surface area contributed by atoms with E-state index in [2.05, 4.69) is 4.74 Å². The van der Waals surface area contributed by atoms with E-state index >= 15 is 0 Å². The number of carbonyl (C=O) groups excluding carboxylic acids is 1. The summed E-state index contributed by atoms with van der Waals surface area (Å²) in [5.74, 6) is -0.257. The molecule has 0 fully saturated rings. The quantitative estimate of drug-likeness (QED) is 0.207. The summed E-state index contributed by atoms with van der Waals surface area (Å²) < 4.78 is 4.41. The Labute approximate surface area is 94.5 Å². The molecule has 0 amide bonds. The van der Waals surface area contributed by atoms with Gasteiger partial charge < -0.3 is 24.0 Å². The molecule has 0 aliphatic heterocycles. The number of halogens is 1. The average Bonchev–Trinajstić information content (AvgIpc) is 1.98. The summed E-state index contributed by atoms with van der Waals surface area (Å²) in [6.07, 6.45) is 5.53. The summed E-state index contributed by atoms with van der Waals surface area (Å²) in [6, 6.07) is 0. The monoisotopic (exact) mass is 318 g/mol. The Morgan fingerprint density at radius 3 is 2.73 bits per heavy atom. The minimum absolute atomic E-state index is 0. The van der Waals surface area contributed by atoms with E-state index in [1.54, 1.807) is 0 Å². The van der Waals surface area contributed by atoms with Crippen molar-refractivity contribution in [2.24, 2.45) is 0 Å². The maximum absolute atomic E-state index is 10.5. The minimum atomic E-state index is -0.257. The summed E-state index contributed by atoms with van der Waals surface area (Å²) in [5, 5.41) is 1.28. The Bertz CT molecular complexity index is 126. The van der Waals surface area contributed by atoms with Crippen molar-refractivity contribution >= 4 is 5.97 Å². The summed E-state index contributed by atoms with van der Waals surface area (Å²) >= 11 is 1.34. The minimum Gasteiger partial charge on any atom is -1.00 e. The molecular weight excluding hydrogens is 308 g/mol. The van der Waals surface area contributed by atoms with Crippen LogP contribution < -0.4 is 24.0 Å². The Kier molecular flexibility index (Phi) is 13.5. The fourth-order valence-electron chi connectivity index (χ4n) is 0.510. The molecule has 0 aromatic carbocycles. The smallest absolute Gasteiger partial charge is 1.00 e. The fraction of sp³-hybridized carbons (Fsp3) is 0.571. The van der Waals surface area contributed by atoms with Gasteiger partial charge in [-0.3, -0.25) is 0 Å². The van der Waals surface area contributed by atoms with Gasteiger partial charge in [0.1, 0.15) is 0 Å². The molecule has 60 valence electrons. The van der Waals surface area contributed by atoms with Crippen LogP contribution in [0.15, 0.2) is 12.2 Å². The van der Waals surface area contributed by atoms with Crippen LogP contribution in [-0.2, 0) is 27.8 Å². The van der Waals surface area contributed by atoms with Crippen LogP contribution >= 0.6 is 0 Å².